The van der Waals surface area contributed by atoms with Crippen molar-refractivity contribution in [1.82, 2.24) is 0 Å². The lowest BCUT2D eigenvalue weighted by Crippen LogP contribution is -2.64. The molecule has 0 aliphatic carbocycles. The van der Waals surface area contributed by atoms with Gasteiger partial charge in [0.05, 0.1) is 6.10 Å². The van der Waals surface area contributed by atoms with E-state index in [1.54, 1.807) is 50.4 Å². The lowest BCUT2D eigenvalue weighted by Gasteiger charge is -2.48. The molecule has 29 heavy (non-hydrogen) atoms. The summed E-state index contributed by atoms with van der Waals surface area (Å²) in [7, 11) is 1.54. The molecule has 0 bridgehead atoms. The standard InChI is InChI=1S/C22H26O7/c1-16-20(28-26-18-11-7-5-8-12-18)21(3,24-4)15-22(25-16,17(2)23)29-27-19-13-9-6-10-14-19/h5-14,16,20H,15H2,1-4H3/t16-,20-,21+,22+/m0/s1. The highest BCUT2D eigenvalue weighted by Gasteiger charge is 2.58. The van der Waals surface area contributed by atoms with E-state index in [0.717, 1.165) is 0 Å². The normalized spacial score (nSPS) is 29.2. The fourth-order valence-electron chi connectivity index (χ4n) is 3.32. The molecule has 3 rings (SSSR count). The topological polar surface area (TPSA) is 72.5 Å². The summed E-state index contributed by atoms with van der Waals surface area (Å²) in [6.45, 7) is 4.96. The van der Waals surface area contributed by atoms with E-state index in [4.69, 9.17) is 29.0 Å². The van der Waals surface area contributed by atoms with Gasteiger partial charge in [0.2, 0.25) is 0 Å². The summed E-state index contributed by atoms with van der Waals surface area (Å²) in [6.07, 6.45) is -1.17. The van der Waals surface area contributed by atoms with Gasteiger partial charge in [0.25, 0.3) is 5.79 Å². The van der Waals surface area contributed by atoms with Gasteiger partial charge >= 0.3 is 0 Å². The molecule has 156 valence electrons. The largest absolute Gasteiger partial charge is 0.375 e. The highest BCUT2D eigenvalue weighted by atomic mass is 17.2. The highest BCUT2D eigenvalue weighted by Crippen LogP contribution is 2.41. The molecule has 1 fully saturated rings. The van der Waals surface area contributed by atoms with E-state index in [1.165, 1.54) is 6.92 Å². The van der Waals surface area contributed by atoms with E-state index in [0.29, 0.717) is 11.5 Å². The van der Waals surface area contributed by atoms with Crippen molar-refractivity contribution in [2.75, 3.05) is 7.11 Å². The monoisotopic (exact) mass is 402 g/mol. The Labute approximate surface area is 170 Å². The average Bonchev–Trinajstić information content (AvgIpc) is 2.73. The molecular weight excluding hydrogens is 376 g/mol. The molecule has 1 saturated heterocycles. The van der Waals surface area contributed by atoms with Gasteiger partial charge in [0, 0.05) is 20.5 Å². The van der Waals surface area contributed by atoms with E-state index in [-0.39, 0.29) is 12.2 Å². The van der Waals surface area contributed by atoms with E-state index >= 15 is 0 Å². The second-order valence-electron chi connectivity index (χ2n) is 7.22. The van der Waals surface area contributed by atoms with Crippen LogP contribution < -0.4 is 9.78 Å². The summed E-state index contributed by atoms with van der Waals surface area (Å²) >= 11 is 0. The van der Waals surface area contributed by atoms with E-state index < -0.39 is 23.6 Å². The van der Waals surface area contributed by atoms with Crippen molar-refractivity contribution in [2.45, 2.75) is 50.8 Å². The lowest BCUT2D eigenvalue weighted by molar-refractivity contribution is -0.426. The zero-order valence-corrected chi connectivity index (χ0v) is 17.0. The SMILES string of the molecule is CO[C@]1(C)C[C@@](OOc2ccccc2)(C(C)=O)O[C@@H](C)[C@@H]1OOc1ccccc1. The minimum Gasteiger partial charge on any atom is -0.375 e. The molecule has 1 aliphatic rings. The fraction of sp³-hybridized carbons (Fsp3) is 0.409. The maximum atomic E-state index is 12.5. The smallest absolute Gasteiger partial charge is 0.275 e. The van der Waals surface area contributed by atoms with E-state index in [2.05, 4.69) is 0 Å². The number of Topliss-reactive ketones (excluding diaryl/α,β-unsaturated/α-hetero) is 1. The number of benzene rings is 2. The maximum absolute atomic E-state index is 12.5. The molecule has 1 aliphatic heterocycles. The number of ketones is 1. The number of hydrogen-bond acceptors (Lipinski definition) is 7. The molecule has 0 saturated carbocycles. The molecule has 0 spiro atoms. The van der Waals surface area contributed by atoms with Crippen molar-refractivity contribution in [2.24, 2.45) is 0 Å². The van der Waals surface area contributed by atoms with Crippen molar-refractivity contribution in [3.8, 4) is 11.5 Å². The Morgan fingerprint density at radius 3 is 2.07 bits per heavy atom. The first-order chi connectivity index (χ1) is 13.9. The van der Waals surface area contributed by atoms with Gasteiger partial charge in [0.15, 0.2) is 23.4 Å². The Bertz CT molecular complexity index is 797. The molecular formula is C22H26O7. The molecule has 0 unspecified atom stereocenters. The van der Waals surface area contributed by atoms with Crippen LogP contribution >= 0.6 is 0 Å². The van der Waals surface area contributed by atoms with Crippen LogP contribution in [0, 0.1) is 0 Å². The Kier molecular flexibility index (Phi) is 6.54. The zero-order chi connectivity index (χ0) is 20.9. The van der Waals surface area contributed by atoms with Gasteiger partial charge in [-0.15, -0.1) is 4.89 Å². The first-order valence-electron chi connectivity index (χ1n) is 9.42. The number of carbonyl (C=O) groups excluding carboxylic acids is 1. The van der Waals surface area contributed by atoms with Gasteiger partial charge in [-0.1, -0.05) is 36.4 Å². The molecule has 2 aromatic carbocycles. The van der Waals surface area contributed by atoms with Crippen molar-refractivity contribution in [3.05, 3.63) is 60.7 Å². The van der Waals surface area contributed by atoms with Gasteiger partial charge in [0.1, 0.15) is 5.60 Å². The molecule has 0 amide bonds. The summed E-state index contributed by atoms with van der Waals surface area (Å²) in [5.74, 6) is -0.988. The van der Waals surface area contributed by atoms with Crippen LogP contribution in [0.2, 0.25) is 0 Å². The van der Waals surface area contributed by atoms with Crippen LogP contribution in [0.5, 0.6) is 11.5 Å². The van der Waals surface area contributed by atoms with Crippen LogP contribution in [0.4, 0.5) is 0 Å². The average molecular weight is 402 g/mol. The minimum absolute atomic E-state index is 0.0474. The number of rotatable bonds is 8. The van der Waals surface area contributed by atoms with Crippen LogP contribution in [-0.2, 0) is 24.0 Å². The Morgan fingerprint density at radius 1 is 1.00 bits per heavy atom. The second kappa shape index (κ2) is 8.92. The predicted octanol–water partition coefficient (Wildman–Crippen LogP) is 3.88. The third kappa shape index (κ3) is 4.76. The number of para-hydroxylation sites is 2. The molecule has 2 aromatic rings. The number of methoxy groups -OCH3 is 1. The van der Waals surface area contributed by atoms with Crippen LogP contribution in [0.25, 0.3) is 0 Å². The van der Waals surface area contributed by atoms with Gasteiger partial charge in [-0.2, -0.15) is 4.89 Å². The molecule has 0 radical (unpaired) electrons. The molecule has 0 N–H and O–H groups in total. The van der Waals surface area contributed by atoms with E-state index in [9.17, 15) is 4.79 Å². The number of hydrogen-bond donors (Lipinski definition) is 0. The van der Waals surface area contributed by atoms with Crippen LogP contribution in [0.3, 0.4) is 0 Å². The summed E-state index contributed by atoms with van der Waals surface area (Å²) in [4.78, 5) is 34.6. The van der Waals surface area contributed by atoms with E-state index in [1.807, 2.05) is 31.2 Å². The summed E-state index contributed by atoms with van der Waals surface area (Å²) in [5, 5.41) is 0. The number of carbonyl (C=O) groups is 1. The molecule has 7 heteroatoms. The molecule has 0 aromatic heterocycles. The van der Waals surface area contributed by atoms with Gasteiger partial charge in [-0.3, -0.25) is 4.79 Å². The second-order valence-corrected chi connectivity index (χ2v) is 7.22. The summed E-state index contributed by atoms with van der Waals surface area (Å²) in [6, 6.07) is 18.0. The minimum atomic E-state index is -1.65. The van der Waals surface area contributed by atoms with Crippen molar-refractivity contribution >= 4 is 5.78 Å². The Balaban J connectivity index is 1.77. The third-order valence-electron chi connectivity index (χ3n) is 5.00. The quantitative estimate of drug-likeness (QED) is 0.490. The molecule has 4 atom stereocenters. The van der Waals surface area contributed by atoms with Gasteiger partial charge in [-0.05, 0) is 38.1 Å². The fourth-order valence-corrected chi connectivity index (χ4v) is 3.32. The zero-order valence-electron chi connectivity index (χ0n) is 17.0. The third-order valence-corrected chi connectivity index (χ3v) is 5.00. The molecule has 7 nitrogen and oxygen atoms in total. The van der Waals surface area contributed by atoms with Crippen molar-refractivity contribution in [3.63, 3.8) is 0 Å². The van der Waals surface area contributed by atoms with Crippen molar-refractivity contribution in [1.29, 1.82) is 0 Å². The van der Waals surface area contributed by atoms with Gasteiger partial charge < -0.3 is 19.2 Å². The van der Waals surface area contributed by atoms with Crippen LogP contribution in [0.15, 0.2) is 60.7 Å². The number of ether oxygens (including phenoxy) is 2. The maximum Gasteiger partial charge on any atom is 0.275 e. The predicted molar refractivity (Wildman–Crippen MR) is 104 cm³/mol. The Hall–Kier alpha value is -2.45. The summed E-state index contributed by atoms with van der Waals surface area (Å²) < 4.78 is 11.7. The lowest BCUT2D eigenvalue weighted by atomic mass is 9.83. The first-order valence-corrected chi connectivity index (χ1v) is 9.42. The summed E-state index contributed by atoms with van der Waals surface area (Å²) in [5.41, 5.74) is -0.946. The van der Waals surface area contributed by atoms with Crippen LogP contribution in [0.1, 0.15) is 27.2 Å². The van der Waals surface area contributed by atoms with Gasteiger partial charge in [-0.25, -0.2) is 0 Å². The van der Waals surface area contributed by atoms with Crippen LogP contribution in [-0.4, -0.2) is 36.5 Å². The molecule has 1 heterocycles. The van der Waals surface area contributed by atoms with Crippen molar-refractivity contribution < 1.29 is 33.8 Å². The Morgan fingerprint density at radius 2 is 1.55 bits per heavy atom. The first kappa shape index (κ1) is 21.3. The highest BCUT2D eigenvalue weighted by molar-refractivity contribution is 5.83.